The third-order valence-corrected chi connectivity index (χ3v) is 3.15. The van der Waals surface area contributed by atoms with Gasteiger partial charge in [0.15, 0.2) is 0 Å². The summed E-state index contributed by atoms with van der Waals surface area (Å²) in [7, 11) is 0. The Kier molecular flexibility index (Phi) is 1.72. The van der Waals surface area contributed by atoms with Gasteiger partial charge in [-0.3, -0.25) is 4.79 Å². The summed E-state index contributed by atoms with van der Waals surface area (Å²) in [5.74, 6) is 0.559. The molecule has 1 aliphatic rings. The molecule has 0 saturated heterocycles. The van der Waals surface area contributed by atoms with E-state index in [1.807, 2.05) is 10.6 Å². The number of para-hydroxylation sites is 1. The van der Waals surface area contributed by atoms with Crippen molar-refractivity contribution >= 4 is 10.9 Å². The summed E-state index contributed by atoms with van der Waals surface area (Å²) in [6, 6.07) is 9.88. The minimum absolute atomic E-state index is 0.126. The van der Waals surface area contributed by atoms with Crippen molar-refractivity contribution < 1.29 is 0 Å². The van der Waals surface area contributed by atoms with Crippen LogP contribution < -0.4 is 5.56 Å². The van der Waals surface area contributed by atoms with Gasteiger partial charge in [0.25, 0.3) is 5.56 Å². The standard InChI is InChI=1S/C13H13NO/c1-9-7-11-4-2-3-10-5-6-12(15)14(8-9)13(10)11/h2-6,9H,7-8H2,1H3/t9-/m0/s1. The Morgan fingerprint density at radius 3 is 3.00 bits per heavy atom. The van der Waals surface area contributed by atoms with Crippen molar-refractivity contribution in [2.45, 2.75) is 19.9 Å². The van der Waals surface area contributed by atoms with Crippen LogP contribution >= 0.6 is 0 Å². The Morgan fingerprint density at radius 2 is 2.13 bits per heavy atom. The molecule has 2 nitrogen and oxygen atoms in total. The van der Waals surface area contributed by atoms with Gasteiger partial charge in [-0.25, -0.2) is 0 Å². The molecule has 0 spiro atoms. The topological polar surface area (TPSA) is 22.0 Å². The summed E-state index contributed by atoms with van der Waals surface area (Å²) in [5, 5.41) is 1.18. The summed E-state index contributed by atoms with van der Waals surface area (Å²) < 4.78 is 1.92. The van der Waals surface area contributed by atoms with Crippen LogP contribution in [0, 0.1) is 5.92 Å². The van der Waals surface area contributed by atoms with Crippen LogP contribution in [0.15, 0.2) is 35.1 Å². The van der Waals surface area contributed by atoms with E-state index in [1.54, 1.807) is 6.07 Å². The molecule has 0 bridgehead atoms. The predicted octanol–water partition coefficient (Wildman–Crippen LogP) is 2.19. The van der Waals surface area contributed by atoms with Gasteiger partial charge in [-0.05, 0) is 29.4 Å². The monoisotopic (exact) mass is 199 g/mol. The van der Waals surface area contributed by atoms with E-state index in [0.29, 0.717) is 5.92 Å². The molecular weight excluding hydrogens is 186 g/mol. The molecule has 1 atom stereocenters. The second-order valence-corrected chi connectivity index (χ2v) is 4.45. The van der Waals surface area contributed by atoms with Gasteiger partial charge in [0.05, 0.1) is 5.52 Å². The van der Waals surface area contributed by atoms with Crippen molar-refractivity contribution in [3.8, 4) is 0 Å². The molecule has 1 aromatic heterocycles. The highest BCUT2D eigenvalue weighted by atomic mass is 16.1. The van der Waals surface area contributed by atoms with Crippen molar-refractivity contribution in [2.24, 2.45) is 5.92 Å². The van der Waals surface area contributed by atoms with Crippen LogP contribution in [0.1, 0.15) is 12.5 Å². The first-order valence-corrected chi connectivity index (χ1v) is 5.37. The maximum atomic E-state index is 11.8. The Labute approximate surface area is 88.2 Å². The number of benzene rings is 1. The Bertz CT molecular complexity index is 583. The van der Waals surface area contributed by atoms with Gasteiger partial charge in [-0.15, -0.1) is 0 Å². The van der Waals surface area contributed by atoms with Crippen LogP contribution in [0.3, 0.4) is 0 Å². The molecule has 0 unspecified atom stereocenters. The molecule has 0 amide bonds. The van der Waals surface area contributed by atoms with Crippen molar-refractivity contribution in [3.63, 3.8) is 0 Å². The molecular formula is C13H13NO. The van der Waals surface area contributed by atoms with Gasteiger partial charge >= 0.3 is 0 Å². The molecule has 1 aliphatic heterocycles. The van der Waals surface area contributed by atoms with Crippen molar-refractivity contribution in [2.75, 3.05) is 0 Å². The van der Waals surface area contributed by atoms with Crippen LogP contribution in [0.5, 0.6) is 0 Å². The van der Waals surface area contributed by atoms with Gasteiger partial charge in [-0.2, -0.15) is 0 Å². The zero-order chi connectivity index (χ0) is 10.4. The van der Waals surface area contributed by atoms with E-state index < -0.39 is 0 Å². The van der Waals surface area contributed by atoms with Crippen molar-refractivity contribution in [1.82, 2.24) is 4.57 Å². The lowest BCUT2D eigenvalue weighted by Crippen LogP contribution is -2.27. The number of nitrogens with zero attached hydrogens (tertiary/aromatic N) is 1. The average Bonchev–Trinajstić information content (AvgIpc) is 2.23. The normalized spacial score (nSPS) is 19.4. The first-order valence-electron chi connectivity index (χ1n) is 5.37. The summed E-state index contributed by atoms with van der Waals surface area (Å²) in [5.41, 5.74) is 2.58. The van der Waals surface area contributed by atoms with Gasteiger partial charge in [0.2, 0.25) is 0 Å². The van der Waals surface area contributed by atoms with Gasteiger partial charge < -0.3 is 4.57 Å². The Balaban J connectivity index is 2.48. The van der Waals surface area contributed by atoms with Crippen LogP contribution in [0.2, 0.25) is 0 Å². The molecule has 0 N–H and O–H groups in total. The zero-order valence-corrected chi connectivity index (χ0v) is 8.73. The molecule has 2 heterocycles. The average molecular weight is 199 g/mol. The molecule has 0 aliphatic carbocycles. The van der Waals surface area contributed by atoms with Gasteiger partial charge in [0.1, 0.15) is 0 Å². The Morgan fingerprint density at radius 1 is 1.27 bits per heavy atom. The van der Waals surface area contributed by atoms with E-state index in [-0.39, 0.29) is 5.56 Å². The van der Waals surface area contributed by atoms with Gasteiger partial charge in [-0.1, -0.05) is 25.1 Å². The largest absolute Gasteiger partial charge is 0.308 e. The molecule has 1 aromatic carbocycles. The molecule has 0 radical (unpaired) electrons. The van der Waals surface area contributed by atoms with E-state index in [0.717, 1.165) is 18.5 Å². The van der Waals surface area contributed by atoms with Crippen LogP contribution in [-0.2, 0) is 13.0 Å². The lowest BCUT2D eigenvalue weighted by atomic mass is 9.94. The quantitative estimate of drug-likeness (QED) is 0.637. The van der Waals surface area contributed by atoms with E-state index in [2.05, 4.69) is 25.1 Å². The fourth-order valence-electron chi connectivity index (χ4n) is 2.53. The molecule has 0 saturated carbocycles. The van der Waals surface area contributed by atoms with Gasteiger partial charge in [0, 0.05) is 12.6 Å². The van der Waals surface area contributed by atoms with Crippen molar-refractivity contribution in [1.29, 1.82) is 0 Å². The summed E-state index contributed by atoms with van der Waals surface area (Å²) in [6.45, 7) is 3.05. The Hall–Kier alpha value is -1.57. The highest BCUT2D eigenvalue weighted by Crippen LogP contribution is 2.25. The van der Waals surface area contributed by atoms with Crippen LogP contribution in [0.25, 0.3) is 10.9 Å². The maximum Gasteiger partial charge on any atom is 0.251 e. The first kappa shape index (κ1) is 8.72. The molecule has 3 rings (SSSR count). The smallest absolute Gasteiger partial charge is 0.251 e. The fraction of sp³-hybridized carbons (Fsp3) is 0.308. The number of hydrogen-bond acceptors (Lipinski definition) is 1. The molecule has 2 aromatic rings. The molecule has 76 valence electrons. The number of hydrogen-bond donors (Lipinski definition) is 0. The zero-order valence-electron chi connectivity index (χ0n) is 8.73. The number of pyridine rings is 1. The molecule has 2 heteroatoms. The van der Waals surface area contributed by atoms with Crippen LogP contribution in [-0.4, -0.2) is 4.57 Å². The fourth-order valence-corrected chi connectivity index (χ4v) is 2.53. The number of aromatic nitrogens is 1. The van der Waals surface area contributed by atoms with E-state index in [4.69, 9.17) is 0 Å². The van der Waals surface area contributed by atoms with E-state index in [9.17, 15) is 4.79 Å². The van der Waals surface area contributed by atoms with E-state index >= 15 is 0 Å². The third-order valence-electron chi connectivity index (χ3n) is 3.15. The second-order valence-electron chi connectivity index (χ2n) is 4.45. The summed E-state index contributed by atoms with van der Waals surface area (Å²) in [6.07, 6.45) is 1.08. The predicted molar refractivity (Wildman–Crippen MR) is 61.1 cm³/mol. The highest BCUT2D eigenvalue weighted by molar-refractivity contribution is 5.82. The maximum absolute atomic E-state index is 11.8. The molecule has 0 fully saturated rings. The molecule has 15 heavy (non-hydrogen) atoms. The second kappa shape index (κ2) is 2.96. The lowest BCUT2D eigenvalue weighted by molar-refractivity contribution is 0.461. The minimum Gasteiger partial charge on any atom is -0.308 e. The highest BCUT2D eigenvalue weighted by Gasteiger charge is 2.17. The lowest BCUT2D eigenvalue weighted by Gasteiger charge is -2.23. The third kappa shape index (κ3) is 1.21. The SMILES string of the molecule is C[C@H]1Cc2cccc3ccc(=O)n(c23)C1. The first-order chi connectivity index (χ1) is 7.25. The van der Waals surface area contributed by atoms with E-state index in [1.165, 1.54) is 10.9 Å². The summed E-state index contributed by atoms with van der Waals surface area (Å²) in [4.78, 5) is 11.8. The van der Waals surface area contributed by atoms with Crippen LogP contribution in [0.4, 0.5) is 0 Å². The number of rotatable bonds is 0. The minimum atomic E-state index is 0.126. The van der Waals surface area contributed by atoms with Crippen molar-refractivity contribution in [3.05, 3.63) is 46.2 Å². The summed E-state index contributed by atoms with van der Waals surface area (Å²) >= 11 is 0.